The van der Waals surface area contributed by atoms with Crippen molar-refractivity contribution in [3.05, 3.63) is 23.4 Å². The number of thiophene rings is 1. The van der Waals surface area contributed by atoms with Crippen molar-refractivity contribution >= 4 is 21.2 Å². The van der Waals surface area contributed by atoms with Gasteiger partial charge in [-0.15, -0.1) is 21.5 Å². The lowest BCUT2D eigenvalue weighted by molar-refractivity contribution is 0.519. The third-order valence-corrected chi connectivity index (χ3v) is 4.63. The normalized spacial score (nSPS) is 11.8. The lowest BCUT2D eigenvalue weighted by Gasteiger charge is -1.97. The van der Waals surface area contributed by atoms with Crippen LogP contribution in [0.15, 0.2) is 21.9 Å². The van der Waals surface area contributed by atoms with Crippen LogP contribution in [0, 0.1) is 0 Å². The van der Waals surface area contributed by atoms with Crippen LogP contribution in [0.4, 0.5) is 0 Å². The van der Waals surface area contributed by atoms with E-state index in [1.165, 1.54) is 11.3 Å². The average Bonchev–Trinajstić information content (AvgIpc) is 2.85. The Balaban J connectivity index is 2.15. The topological polar surface area (TPSA) is 73.1 Å². The zero-order valence-corrected chi connectivity index (χ0v) is 10.9. The van der Waals surface area contributed by atoms with Gasteiger partial charge in [-0.1, -0.05) is 13.0 Å². The van der Waals surface area contributed by atoms with Crippen molar-refractivity contribution < 1.29 is 12.8 Å². The smallest absolute Gasteiger partial charge is 0.257 e. The molecular weight excluding hydrogens is 260 g/mol. The molecule has 2 heterocycles. The minimum Gasteiger partial charge on any atom is -0.419 e. The second kappa shape index (κ2) is 4.97. The summed E-state index contributed by atoms with van der Waals surface area (Å²) in [5, 5.41) is 9.48. The summed E-state index contributed by atoms with van der Waals surface area (Å²) in [6, 6.07) is 3.72. The van der Waals surface area contributed by atoms with Gasteiger partial charge in [-0.05, 0) is 17.9 Å². The molecule has 0 amide bonds. The molecular formula is C10H12N2O3S2. The monoisotopic (exact) mass is 272 g/mol. The van der Waals surface area contributed by atoms with E-state index < -0.39 is 9.84 Å². The predicted molar refractivity (Wildman–Crippen MR) is 65.4 cm³/mol. The Bertz CT molecular complexity index is 572. The van der Waals surface area contributed by atoms with E-state index in [1.807, 2.05) is 24.4 Å². The van der Waals surface area contributed by atoms with Crippen molar-refractivity contribution in [3.8, 4) is 10.8 Å². The van der Waals surface area contributed by atoms with Crippen molar-refractivity contribution in [2.24, 2.45) is 0 Å². The summed E-state index contributed by atoms with van der Waals surface area (Å²) in [6.45, 7) is 1.82. The molecule has 0 N–H and O–H groups in total. The Kier molecular flexibility index (Phi) is 3.58. The van der Waals surface area contributed by atoms with E-state index in [0.29, 0.717) is 12.3 Å². The molecule has 0 bridgehead atoms. The molecule has 0 fully saturated rings. The highest BCUT2D eigenvalue weighted by Gasteiger charge is 2.17. The lowest BCUT2D eigenvalue weighted by Crippen LogP contribution is -2.08. The third kappa shape index (κ3) is 3.13. The van der Waals surface area contributed by atoms with Crippen LogP contribution in [0.3, 0.4) is 0 Å². The number of rotatable bonds is 5. The molecule has 0 aliphatic rings. The first-order valence-corrected chi connectivity index (χ1v) is 7.87. The molecule has 0 saturated carbocycles. The van der Waals surface area contributed by atoms with Gasteiger partial charge in [-0.2, -0.15) is 0 Å². The Morgan fingerprint density at radius 1 is 1.41 bits per heavy atom. The van der Waals surface area contributed by atoms with Gasteiger partial charge in [0.2, 0.25) is 5.89 Å². The van der Waals surface area contributed by atoms with E-state index in [2.05, 4.69) is 10.2 Å². The maximum absolute atomic E-state index is 11.6. The summed E-state index contributed by atoms with van der Waals surface area (Å²) in [4.78, 5) is 0.844. The number of hydrogen-bond donors (Lipinski definition) is 0. The minimum atomic E-state index is -3.13. The van der Waals surface area contributed by atoms with E-state index in [-0.39, 0.29) is 17.4 Å². The van der Waals surface area contributed by atoms with Crippen LogP contribution in [0.5, 0.6) is 0 Å². The first-order valence-electron chi connectivity index (χ1n) is 5.17. The second-order valence-electron chi connectivity index (χ2n) is 3.57. The van der Waals surface area contributed by atoms with Gasteiger partial charge in [0.15, 0.2) is 9.84 Å². The SMILES string of the molecule is CCCS(=O)(=O)Cc1nnc(-c2cccs2)o1. The molecule has 0 aliphatic heterocycles. The van der Waals surface area contributed by atoms with Gasteiger partial charge in [-0.3, -0.25) is 0 Å². The minimum absolute atomic E-state index is 0.143. The standard InChI is InChI=1S/C10H12N2O3S2/c1-2-6-17(13,14)7-9-11-12-10(15-9)8-4-3-5-16-8/h3-5H,2,6-7H2,1H3. The summed E-state index contributed by atoms with van der Waals surface area (Å²) >= 11 is 1.47. The zero-order chi connectivity index (χ0) is 12.3. The molecule has 2 aromatic heterocycles. The van der Waals surface area contributed by atoms with E-state index in [0.717, 1.165) is 4.88 Å². The van der Waals surface area contributed by atoms with Crippen LogP contribution in [0.25, 0.3) is 10.8 Å². The van der Waals surface area contributed by atoms with Crippen molar-refractivity contribution in [1.82, 2.24) is 10.2 Å². The highest BCUT2D eigenvalue weighted by atomic mass is 32.2. The van der Waals surface area contributed by atoms with E-state index in [9.17, 15) is 8.42 Å². The van der Waals surface area contributed by atoms with Gasteiger partial charge in [-0.25, -0.2) is 8.42 Å². The fraction of sp³-hybridized carbons (Fsp3) is 0.400. The molecule has 17 heavy (non-hydrogen) atoms. The van der Waals surface area contributed by atoms with Crippen LogP contribution in [-0.2, 0) is 15.6 Å². The van der Waals surface area contributed by atoms with Crippen LogP contribution >= 0.6 is 11.3 Å². The molecule has 2 aromatic rings. The summed E-state index contributed by atoms with van der Waals surface area (Å²) < 4.78 is 28.5. The van der Waals surface area contributed by atoms with Crippen molar-refractivity contribution in [1.29, 1.82) is 0 Å². The number of aromatic nitrogens is 2. The zero-order valence-electron chi connectivity index (χ0n) is 9.29. The number of hydrogen-bond acceptors (Lipinski definition) is 6. The first kappa shape index (κ1) is 12.3. The quantitative estimate of drug-likeness (QED) is 0.833. The Morgan fingerprint density at radius 3 is 2.88 bits per heavy atom. The van der Waals surface area contributed by atoms with Gasteiger partial charge in [0.25, 0.3) is 5.89 Å². The average molecular weight is 272 g/mol. The largest absolute Gasteiger partial charge is 0.419 e. The van der Waals surface area contributed by atoms with Gasteiger partial charge in [0.05, 0.1) is 10.6 Å². The highest BCUT2D eigenvalue weighted by molar-refractivity contribution is 7.90. The van der Waals surface area contributed by atoms with E-state index in [1.54, 1.807) is 0 Å². The molecule has 5 nitrogen and oxygen atoms in total. The van der Waals surface area contributed by atoms with Crippen molar-refractivity contribution in [2.45, 2.75) is 19.1 Å². The fourth-order valence-electron chi connectivity index (χ4n) is 1.38. The molecule has 7 heteroatoms. The lowest BCUT2D eigenvalue weighted by atomic mass is 10.5. The van der Waals surface area contributed by atoms with Crippen molar-refractivity contribution in [3.63, 3.8) is 0 Å². The van der Waals surface area contributed by atoms with Gasteiger partial charge in [0, 0.05) is 0 Å². The van der Waals surface area contributed by atoms with Crippen LogP contribution in [0.1, 0.15) is 19.2 Å². The van der Waals surface area contributed by atoms with Gasteiger partial charge >= 0.3 is 0 Å². The summed E-state index contributed by atoms with van der Waals surface area (Å²) in [7, 11) is -3.13. The predicted octanol–water partition coefficient (Wildman–Crippen LogP) is 2.12. The van der Waals surface area contributed by atoms with Gasteiger partial charge in [0.1, 0.15) is 5.75 Å². The summed E-state index contributed by atoms with van der Waals surface area (Å²) in [5.74, 6) is 0.492. The first-order chi connectivity index (χ1) is 8.11. The van der Waals surface area contributed by atoms with Crippen LogP contribution in [-0.4, -0.2) is 24.4 Å². The van der Waals surface area contributed by atoms with E-state index in [4.69, 9.17) is 4.42 Å². The Hall–Kier alpha value is -1.21. The summed E-state index contributed by atoms with van der Waals surface area (Å²) in [6.07, 6.45) is 0.592. The third-order valence-electron chi connectivity index (χ3n) is 2.06. The molecule has 0 aliphatic carbocycles. The molecule has 0 atom stereocenters. The molecule has 0 saturated heterocycles. The van der Waals surface area contributed by atoms with E-state index >= 15 is 0 Å². The maximum atomic E-state index is 11.6. The maximum Gasteiger partial charge on any atom is 0.257 e. The molecule has 92 valence electrons. The Morgan fingerprint density at radius 2 is 2.24 bits per heavy atom. The molecule has 2 rings (SSSR count). The second-order valence-corrected chi connectivity index (χ2v) is 6.70. The van der Waals surface area contributed by atoms with Crippen LogP contribution < -0.4 is 0 Å². The fourth-order valence-corrected chi connectivity index (χ4v) is 3.29. The number of nitrogens with zero attached hydrogens (tertiary/aromatic N) is 2. The molecule has 0 radical (unpaired) electrons. The highest BCUT2D eigenvalue weighted by Crippen LogP contribution is 2.23. The Labute approximate surface area is 103 Å². The van der Waals surface area contributed by atoms with Gasteiger partial charge < -0.3 is 4.42 Å². The summed E-state index contributed by atoms with van der Waals surface area (Å²) in [5.41, 5.74) is 0. The molecule has 0 aromatic carbocycles. The van der Waals surface area contributed by atoms with Crippen molar-refractivity contribution in [2.75, 3.05) is 5.75 Å². The molecule has 0 spiro atoms. The number of sulfone groups is 1. The molecule has 0 unspecified atom stereocenters. The van der Waals surface area contributed by atoms with Crippen LogP contribution in [0.2, 0.25) is 0 Å².